The van der Waals surface area contributed by atoms with Gasteiger partial charge in [0.25, 0.3) is 0 Å². The van der Waals surface area contributed by atoms with Crippen LogP contribution in [0.2, 0.25) is 0 Å². The number of nitrogens with one attached hydrogen (secondary N) is 1. The van der Waals surface area contributed by atoms with E-state index < -0.39 is 17.8 Å². The summed E-state index contributed by atoms with van der Waals surface area (Å²) >= 11 is 1.45. The van der Waals surface area contributed by atoms with Gasteiger partial charge in [0.05, 0.1) is 11.6 Å². The summed E-state index contributed by atoms with van der Waals surface area (Å²) in [6.07, 6.45) is -1.90. The van der Waals surface area contributed by atoms with Crippen molar-refractivity contribution in [3.8, 4) is 0 Å². The van der Waals surface area contributed by atoms with Crippen LogP contribution in [0, 0.1) is 6.92 Å². The van der Waals surface area contributed by atoms with Crippen molar-refractivity contribution < 1.29 is 13.2 Å². The number of nitrogens with zero attached hydrogens (tertiary/aromatic N) is 1. The molecule has 2 rings (SSSR count). The second kappa shape index (κ2) is 5.93. The van der Waals surface area contributed by atoms with E-state index in [-0.39, 0.29) is 5.56 Å². The molecule has 1 unspecified atom stereocenters. The topological polar surface area (TPSA) is 24.9 Å². The molecule has 0 aliphatic heterocycles. The molecule has 0 amide bonds. The smallest absolute Gasteiger partial charge is 0.306 e. The van der Waals surface area contributed by atoms with Gasteiger partial charge in [0, 0.05) is 22.8 Å². The Kier molecular flexibility index (Phi) is 4.45. The molecule has 0 aliphatic carbocycles. The molecular formula is C14H15F3N2S. The van der Waals surface area contributed by atoms with Crippen LogP contribution in [0.3, 0.4) is 0 Å². The maximum atomic E-state index is 13.1. The average Bonchev–Trinajstić information content (AvgIpc) is 2.81. The van der Waals surface area contributed by atoms with Gasteiger partial charge in [-0.1, -0.05) is 6.92 Å². The SMILES string of the molecule is CCNC(c1cnccc1C(F)(F)F)c1sccc1C. The Hall–Kier alpha value is -1.40. The van der Waals surface area contributed by atoms with Gasteiger partial charge in [-0.25, -0.2) is 0 Å². The molecule has 0 spiro atoms. The van der Waals surface area contributed by atoms with E-state index in [0.29, 0.717) is 6.54 Å². The fourth-order valence-electron chi connectivity index (χ4n) is 2.12. The molecule has 0 saturated carbocycles. The third kappa shape index (κ3) is 3.02. The van der Waals surface area contributed by atoms with Crippen molar-refractivity contribution in [3.05, 3.63) is 51.5 Å². The summed E-state index contributed by atoms with van der Waals surface area (Å²) in [5.74, 6) is 0. The highest BCUT2D eigenvalue weighted by atomic mass is 32.1. The summed E-state index contributed by atoms with van der Waals surface area (Å²) in [6.45, 7) is 4.35. The highest BCUT2D eigenvalue weighted by Crippen LogP contribution is 2.38. The largest absolute Gasteiger partial charge is 0.416 e. The van der Waals surface area contributed by atoms with Crippen LogP contribution >= 0.6 is 11.3 Å². The Morgan fingerprint density at radius 3 is 2.65 bits per heavy atom. The van der Waals surface area contributed by atoms with Crippen LogP contribution in [0.1, 0.15) is 34.5 Å². The molecule has 20 heavy (non-hydrogen) atoms. The number of pyridine rings is 1. The lowest BCUT2D eigenvalue weighted by atomic mass is 9.99. The molecule has 2 aromatic rings. The Morgan fingerprint density at radius 2 is 2.10 bits per heavy atom. The minimum atomic E-state index is -4.38. The molecule has 0 bridgehead atoms. The third-order valence-corrected chi connectivity index (χ3v) is 4.12. The lowest BCUT2D eigenvalue weighted by molar-refractivity contribution is -0.138. The van der Waals surface area contributed by atoms with Gasteiger partial charge < -0.3 is 5.32 Å². The molecule has 2 heterocycles. The predicted molar refractivity (Wildman–Crippen MR) is 73.8 cm³/mol. The number of rotatable bonds is 4. The van der Waals surface area contributed by atoms with Crippen LogP contribution in [0.15, 0.2) is 29.9 Å². The van der Waals surface area contributed by atoms with Crippen molar-refractivity contribution in [2.24, 2.45) is 0 Å². The van der Waals surface area contributed by atoms with E-state index in [2.05, 4.69) is 10.3 Å². The minimum Gasteiger partial charge on any atom is -0.306 e. The third-order valence-electron chi connectivity index (χ3n) is 3.04. The van der Waals surface area contributed by atoms with Crippen LogP contribution in [0.25, 0.3) is 0 Å². The van der Waals surface area contributed by atoms with Crippen LogP contribution in [-0.4, -0.2) is 11.5 Å². The maximum Gasteiger partial charge on any atom is 0.416 e. The number of aryl methyl sites for hydroxylation is 1. The molecular weight excluding hydrogens is 285 g/mol. The van der Waals surface area contributed by atoms with E-state index >= 15 is 0 Å². The molecule has 2 nitrogen and oxygen atoms in total. The van der Waals surface area contributed by atoms with Gasteiger partial charge in [0.1, 0.15) is 0 Å². The molecule has 1 N–H and O–H groups in total. The predicted octanol–water partition coefficient (Wildman–Crippen LogP) is 4.17. The number of hydrogen-bond donors (Lipinski definition) is 1. The van der Waals surface area contributed by atoms with E-state index in [1.807, 2.05) is 25.3 Å². The molecule has 0 radical (unpaired) electrons. The van der Waals surface area contributed by atoms with Gasteiger partial charge in [0.2, 0.25) is 0 Å². The molecule has 0 aromatic carbocycles. The van der Waals surface area contributed by atoms with Crippen LogP contribution in [-0.2, 0) is 6.18 Å². The highest BCUT2D eigenvalue weighted by molar-refractivity contribution is 7.10. The molecule has 0 fully saturated rings. The maximum absolute atomic E-state index is 13.1. The molecule has 6 heteroatoms. The van der Waals surface area contributed by atoms with Crippen molar-refractivity contribution >= 4 is 11.3 Å². The zero-order valence-electron chi connectivity index (χ0n) is 11.2. The lowest BCUT2D eigenvalue weighted by Crippen LogP contribution is -2.25. The summed E-state index contributed by atoms with van der Waals surface area (Å²) in [5.41, 5.74) is 0.525. The monoisotopic (exact) mass is 300 g/mol. The first-order valence-corrected chi connectivity index (χ1v) is 7.11. The van der Waals surface area contributed by atoms with Crippen molar-refractivity contribution in [3.63, 3.8) is 0 Å². The highest BCUT2D eigenvalue weighted by Gasteiger charge is 2.36. The second-order valence-electron chi connectivity index (χ2n) is 4.42. The zero-order chi connectivity index (χ0) is 14.8. The minimum absolute atomic E-state index is 0.174. The van der Waals surface area contributed by atoms with Crippen LogP contribution in [0.5, 0.6) is 0 Å². The van der Waals surface area contributed by atoms with Crippen LogP contribution in [0.4, 0.5) is 13.2 Å². The van der Waals surface area contributed by atoms with Gasteiger partial charge in [-0.3, -0.25) is 4.98 Å². The van der Waals surface area contributed by atoms with Gasteiger partial charge in [-0.05, 0) is 36.5 Å². The summed E-state index contributed by atoms with van der Waals surface area (Å²) in [5, 5.41) is 5.01. The Labute approximate surface area is 119 Å². The number of halogens is 3. The summed E-state index contributed by atoms with van der Waals surface area (Å²) in [7, 11) is 0. The molecule has 0 aliphatic rings. The first kappa shape index (κ1) is 15.0. The fourth-order valence-corrected chi connectivity index (χ4v) is 3.14. The van der Waals surface area contributed by atoms with Gasteiger partial charge in [0.15, 0.2) is 0 Å². The first-order valence-electron chi connectivity index (χ1n) is 6.23. The number of aromatic nitrogens is 1. The van der Waals surface area contributed by atoms with Crippen LogP contribution < -0.4 is 5.32 Å². The Bertz CT molecular complexity index is 578. The van der Waals surface area contributed by atoms with E-state index in [0.717, 1.165) is 16.5 Å². The first-order chi connectivity index (χ1) is 9.45. The zero-order valence-corrected chi connectivity index (χ0v) is 12.0. The van der Waals surface area contributed by atoms with Gasteiger partial charge >= 0.3 is 6.18 Å². The summed E-state index contributed by atoms with van der Waals surface area (Å²) in [4.78, 5) is 4.76. The van der Waals surface area contributed by atoms with Crippen molar-refractivity contribution in [2.45, 2.75) is 26.1 Å². The van der Waals surface area contributed by atoms with E-state index in [1.54, 1.807) is 0 Å². The van der Waals surface area contributed by atoms with E-state index in [4.69, 9.17) is 0 Å². The van der Waals surface area contributed by atoms with E-state index in [1.165, 1.54) is 23.7 Å². The number of hydrogen-bond acceptors (Lipinski definition) is 3. The lowest BCUT2D eigenvalue weighted by Gasteiger charge is -2.22. The quantitative estimate of drug-likeness (QED) is 0.916. The standard InChI is InChI=1S/C14H15F3N2S/c1-3-19-12(13-9(2)5-7-20-13)10-8-18-6-4-11(10)14(15,16)17/h4-8,12,19H,3H2,1-2H3. The summed E-state index contributed by atoms with van der Waals surface area (Å²) in [6, 6.07) is 2.46. The normalized spacial score (nSPS) is 13.4. The molecule has 1 atom stereocenters. The number of alkyl halides is 3. The molecule has 2 aromatic heterocycles. The molecule has 0 saturated heterocycles. The van der Waals surface area contributed by atoms with Crippen molar-refractivity contribution in [1.82, 2.24) is 10.3 Å². The van der Waals surface area contributed by atoms with Gasteiger partial charge in [-0.15, -0.1) is 11.3 Å². The fraction of sp³-hybridized carbons (Fsp3) is 0.357. The van der Waals surface area contributed by atoms with Crippen molar-refractivity contribution in [2.75, 3.05) is 6.54 Å². The van der Waals surface area contributed by atoms with E-state index in [9.17, 15) is 13.2 Å². The second-order valence-corrected chi connectivity index (χ2v) is 5.37. The van der Waals surface area contributed by atoms with Gasteiger partial charge in [-0.2, -0.15) is 13.2 Å². The Balaban J connectivity index is 2.54. The number of thiophene rings is 1. The van der Waals surface area contributed by atoms with Crippen molar-refractivity contribution in [1.29, 1.82) is 0 Å². The Morgan fingerprint density at radius 1 is 1.35 bits per heavy atom. The molecule has 108 valence electrons. The summed E-state index contributed by atoms with van der Waals surface area (Å²) < 4.78 is 39.4. The average molecular weight is 300 g/mol.